The van der Waals surface area contributed by atoms with Crippen LogP contribution in [0.25, 0.3) is 32.9 Å². The molecule has 3 saturated heterocycles. The normalized spacial score (nSPS) is 27.3. The van der Waals surface area contributed by atoms with E-state index in [1.54, 1.807) is 6.20 Å². The molecule has 4 unspecified atom stereocenters. The van der Waals surface area contributed by atoms with Crippen LogP contribution in [-0.4, -0.2) is 64.3 Å². The van der Waals surface area contributed by atoms with Gasteiger partial charge in [-0.3, -0.25) is 9.88 Å². The summed E-state index contributed by atoms with van der Waals surface area (Å²) in [7, 11) is 0. The highest BCUT2D eigenvalue weighted by Crippen LogP contribution is 2.44. The van der Waals surface area contributed by atoms with Crippen LogP contribution in [0.1, 0.15) is 44.9 Å². The quantitative estimate of drug-likeness (QED) is 0.237. The smallest absolute Gasteiger partial charge is 0.319 e. The Kier molecular flexibility index (Phi) is 6.48. The molecule has 1 aliphatic carbocycles. The molecule has 2 aromatic heterocycles. The first kappa shape index (κ1) is 26.5. The minimum absolute atomic E-state index is 0.0494. The van der Waals surface area contributed by atoms with Crippen molar-refractivity contribution in [2.24, 2.45) is 11.8 Å². The first-order chi connectivity index (χ1) is 20.5. The van der Waals surface area contributed by atoms with E-state index in [9.17, 15) is 4.39 Å². The second-order valence-corrected chi connectivity index (χ2v) is 13.2. The van der Waals surface area contributed by atoms with Gasteiger partial charge in [0.1, 0.15) is 30.3 Å². The van der Waals surface area contributed by atoms with Crippen molar-refractivity contribution in [3.05, 3.63) is 53.4 Å². The number of alkyl halides is 1. The number of fused-ring (bicyclic) bond motifs is 5. The van der Waals surface area contributed by atoms with Gasteiger partial charge < -0.3 is 9.64 Å². The first-order valence-corrected chi connectivity index (χ1v) is 15.6. The summed E-state index contributed by atoms with van der Waals surface area (Å²) in [5.41, 5.74) is 0.828. The summed E-state index contributed by atoms with van der Waals surface area (Å²) >= 11 is 6.61. The molecule has 5 heterocycles. The topological polar surface area (TPSA) is 54.4 Å². The third kappa shape index (κ3) is 4.24. The average Bonchev–Trinajstić information content (AvgIpc) is 3.68. The molecule has 0 spiro atoms. The van der Waals surface area contributed by atoms with Crippen LogP contribution in [0.4, 0.5) is 14.6 Å². The zero-order valence-electron chi connectivity index (χ0n) is 23.5. The zero-order valence-corrected chi connectivity index (χ0v) is 24.3. The molecule has 8 rings (SSSR count). The minimum atomic E-state index is -0.507. The number of benzene rings is 2. The van der Waals surface area contributed by atoms with E-state index in [1.807, 2.05) is 36.4 Å². The number of rotatable bonds is 6. The Balaban J connectivity index is 1.23. The molecule has 6 nitrogen and oxygen atoms in total. The number of pyridine rings is 1. The lowest BCUT2D eigenvalue weighted by Crippen LogP contribution is -2.47. The lowest BCUT2D eigenvalue weighted by molar-refractivity contribution is 0.0772. The van der Waals surface area contributed by atoms with Crippen LogP contribution in [0, 0.1) is 17.7 Å². The van der Waals surface area contributed by atoms with Gasteiger partial charge in [0, 0.05) is 41.3 Å². The lowest BCUT2D eigenvalue weighted by Gasteiger charge is -2.34. The molecule has 4 aliphatic rings. The Hall–Kier alpha value is -3.10. The van der Waals surface area contributed by atoms with Crippen LogP contribution in [0.5, 0.6) is 6.01 Å². The van der Waals surface area contributed by atoms with Crippen LogP contribution < -0.4 is 9.64 Å². The van der Waals surface area contributed by atoms with E-state index in [0.29, 0.717) is 40.2 Å². The Morgan fingerprint density at radius 3 is 2.64 bits per heavy atom. The van der Waals surface area contributed by atoms with Crippen molar-refractivity contribution < 1.29 is 13.5 Å². The molecule has 4 fully saturated rings. The number of hydrogen-bond acceptors (Lipinski definition) is 6. The average molecular weight is 590 g/mol. The molecule has 1 saturated carbocycles. The van der Waals surface area contributed by atoms with Gasteiger partial charge >= 0.3 is 6.01 Å². The van der Waals surface area contributed by atoms with E-state index >= 15 is 4.39 Å². The van der Waals surface area contributed by atoms with E-state index in [-0.39, 0.29) is 35.5 Å². The van der Waals surface area contributed by atoms with Crippen molar-refractivity contribution in [2.75, 3.05) is 37.8 Å². The van der Waals surface area contributed by atoms with Gasteiger partial charge in [0.15, 0.2) is 5.82 Å². The second kappa shape index (κ2) is 10.3. The van der Waals surface area contributed by atoms with Crippen molar-refractivity contribution in [3.8, 4) is 17.3 Å². The molecule has 9 heteroatoms. The van der Waals surface area contributed by atoms with Gasteiger partial charge in [0.05, 0.1) is 10.9 Å². The van der Waals surface area contributed by atoms with Gasteiger partial charge in [-0.05, 0) is 74.8 Å². The fraction of sp³-hybridized carbons (Fsp3) is 0.485. The number of aromatic nitrogens is 3. The van der Waals surface area contributed by atoms with Gasteiger partial charge in [-0.15, -0.1) is 0 Å². The maximum Gasteiger partial charge on any atom is 0.319 e. The number of piperidine rings is 1. The summed E-state index contributed by atoms with van der Waals surface area (Å²) < 4.78 is 36.8. The summed E-state index contributed by atoms with van der Waals surface area (Å²) in [6.45, 7) is 2.70. The molecular weight excluding hydrogens is 556 g/mol. The van der Waals surface area contributed by atoms with Crippen LogP contribution in [0.2, 0.25) is 5.02 Å². The van der Waals surface area contributed by atoms with Crippen molar-refractivity contribution in [1.29, 1.82) is 0 Å². The van der Waals surface area contributed by atoms with Crippen LogP contribution in [-0.2, 0) is 0 Å². The van der Waals surface area contributed by atoms with Gasteiger partial charge in [-0.2, -0.15) is 9.97 Å². The predicted molar refractivity (Wildman–Crippen MR) is 161 cm³/mol. The lowest BCUT2D eigenvalue weighted by atomic mass is 9.95. The van der Waals surface area contributed by atoms with Crippen molar-refractivity contribution >= 4 is 39.1 Å². The van der Waals surface area contributed by atoms with Crippen molar-refractivity contribution in [1.82, 2.24) is 19.9 Å². The summed E-state index contributed by atoms with van der Waals surface area (Å²) in [6.07, 6.45) is 9.11. The molecule has 4 atom stereocenters. The van der Waals surface area contributed by atoms with Gasteiger partial charge in [0.25, 0.3) is 0 Å². The summed E-state index contributed by atoms with van der Waals surface area (Å²) in [4.78, 5) is 18.8. The SMILES string of the molecule is FCC1CCC2(COc3nc(N4CC5CCC(C5)C4)c4cnc(-c5cccc6cccc(Cl)c56)c(F)c4n3)CCCN12. The standard InChI is InChI=1S/C33H34ClF2N5O/c34-26-7-2-5-22-4-1-6-24(27(22)26)29-28(36)30-25(16-37-29)31(40-17-20-8-9-21(14-20)18-40)39-32(38-30)42-19-33-11-3-13-41(33)23(15-35)10-12-33/h1-2,4-7,16,20-21,23H,3,8-15,17-19H2. The van der Waals surface area contributed by atoms with Gasteiger partial charge in [-0.1, -0.05) is 41.9 Å². The molecule has 3 aliphatic heterocycles. The fourth-order valence-corrected chi connectivity index (χ4v) is 8.65. The van der Waals surface area contributed by atoms with Crippen molar-refractivity contribution in [3.63, 3.8) is 0 Å². The van der Waals surface area contributed by atoms with Gasteiger partial charge in [0.2, 0.25) is 0 Å². The first-order valence-electron chi connectivity index (χ1n) is 15.3. The molecule has 4 aromatic rings. The molecule has 0 amide bonds. The largest absolute Gasteiger partial charge is 0.461 e. The molecule has 0 N–H and O–H groups in total. The Morgan fingerprint density at radius 1 is 1.02 bits per heavy atom. The number of halogens is 3. The molecule has 218 valence electrons. The van der Waals surface area contributed by atoms with Crippen LogP contribution in [0.3, 0.4) is 0 Å². The third-order valence-electron chi connectivity index (χ3n) is 10.3. The highest BCUT2D eigenvalue weighted by atomic mass is 35.5. The maximum atomic E-state index is 16.6. The van der Waals surface area contributed by atoms with E-state index in [0.717, 1.165) is 56.1 Å². The maximum absolute atomic E-state index is 16.6. The van der Waals surface area contributed by atoms with E-state index in [2.05, 4.69) is 19.8 Å². The number of hydrogen-bond donors (Lipinski definition) is 0. The molecular formula is C33H34ClF2N5O. The van der Waals surface area contributed by atoms with E-state index in [4.69, 9.17) is 21.3 Å². The van der Waals surface area contributed by atoms with Crippen LogP contribution >= 0.6 is 11.6 Å². The minimum Gasteiger partial charge on any atom is -0.461 e. The van der Waals surface area contributed by atoms with Crippen LogP contribution in [0.15, 0.2) is 42.6 Å². The molecule has 2 aromatic carbocycles. The Labute approximate surface area is 249 Å². The number of anilines is 1. The fourth-order valence-electron chi connectivity index (χ4n) is 8.36. The number of ether oxygens (including phenoxy) is 1. The summed E-state index contributed by atoms with van der Waals surface area (Å²) in [5.74, 6) is 1.42. The zero-order chi connectivity index (χ0) is 28.4. The Morgan fingerprint density at radius 2 is 1.83 bits per heavy atom. The van der Waals surface area contributed by atoms with E-state index < -0.39 is 5.82 Å². The third-order valence-corrected chi connectivity index (χ3v) is 10.7. The molecule has 42 heavy (non-hydrogen) atoms. The second-order valence-electron chi connectivity index (χ2n) is 12.8. The van der Waals surface area contributed by atoms with E-state index in [1.165, 1.54) is 19.3 Å². The van der Waals surface area contributed by atoms with Gasteiger partial charge in [-0.25, -0.2) is 8.78 Å². The predicted octanol–water partition coefficient (Wildman–Crippen LogP) is 7.22. The molecule has 0 radical (unpaired) electrons. The Bertz CT molecular complexity index is 1670. The summed E-state index contributed by atoms with van der Waals surface area (Å²) in [6, 6.07) is 11.5. The monoisotopic (exact) mass is 589 g/mol. The highest BCUT2D eigenvalue weighted by Gasteiger charge is 2.50. The number of nitrogens with zero attached hydrogens (tertiary/aromatic N) is 5. The highest BCUT2D eigenvalue weighted by molar-refractivity contribution is 6.36. The summed E-state index contributed by atoms with van der Waals surface area (Å²) in [5, 5.41) is 2.82. The molecule has 2 bridgehead atoms. The van der Waals surface area contributed by atoms with Crippen molar-refractivity contribution in [2.45, 2.75) is 56.5 Å².